The van der Waals surface area contributed by atoms with E-state index in [9.17, 15) is 0 Å². The van der Waals surface area contributed by atoms with Gasteiger partial charge in [-0.25, -0.2) is 0 Å². The molecule has 0 unspecified atom stereocenters. The van der Waals surface area contributed by atoms with Crippen LogP contribution < -0.4 is 0 Å². The minimum absolute atomic E-state index is 0.0280. The summed E-state index contributed by atoms with van der Waals surface area (Å²) in [7, 11) is 0. The first-order chi connectivity index (χ1) is 4.13. The summed E-state index contributed by atoms with van der Waals surface area (Å²) in [5.74, 6) is -0.0280. The summed E-state index contributed by atoms with van der Waals surface area (Å²) < 4.78 is 0.652. The van der Waals surface area contributed by atoms with E-state index in [1.807, 2.05) is 22.6 Å². The molecule has 0 amide bonds. The molecule has 0 aliphatic rings. The highest BCUT2D eigenvalue weighted by atomic mass is 127. The van der Waals surface area contributed by atoms with Gasteiger partial charge in [0.05, 0.1) is 0 Å². The summed E-state index contributed by atoms with van der Waals surface area (Å²) in [5, 5.41) is 17.9. The van der Waals surface area contributed by atoms with Crippen molar-refractivity contribution in [2.45, 2.75) is 0 Å². The lowest BCUT2D eigenvalue weighted by Crippen LogP contribution is -1.61. The van der Waals surface area contributed by atoms with Crippen molar-refractivity contribution in [1.29, 1.82) is 0 Å². The van der Waals surface area contributed by atoms with Gasteiger partial charge in [0.1, 0.15) is 7.91 Å². The van der Waals surface area contributed by atoms with Gasteiger partial charge in [0, 0.05) is 0 Å². The van der Waals surface area contributed by atoms with Crippen LogP contribution in [0.15, 0.2) is 0 Å². The van der Waals surface area contributed by atoms with Crippen molar-refractivity contribution in [3.05, 3.63) is 7.91 Å². The molecule has 0 saturated heterocycles. The zero-order valence-corrected chi connectivity index (χ0v) is 7.79. The van der Waals surface area contributed by atoms with Gasteiger partial charge in [0.15, 0.2) is 10.8 Å². The molecule has 1 aromatic heterocycles. The minimum Gasteiger partial charge on any atom is -0.504 e. The molecule has 1 aromatic rings. The highest BCUT2D eigenvalue weighted by Crippen LogP contribution is 2.43. The van der Waals surface area contributed by atoms with Crippen LogP contribution in [0.3, 0.4) is 0 Å². The van der Waals surface area contributed by atoms with Gasteiger partial charge < -0.3 is 10.2 Å². The van der Waals surface area contributed by atoms with Crippen LogP contribution in [0.1, 0.15) is 0 Å². The van der Waals surface area contributed by atoms with Crippen LogP contribution in [0.25, 0.3) is 0 Å². The lowest BCUT2D eigenvalue weighted by Gasteiger charge is -1.83. The first-order valence-electron chi connectivity index (χ1n) is 1.98. The average Bonchev–Trinajstić information content (AvgIpc) is 1.98. The van der Waals surface area contributed by atoms with Crippen molar-refractivity contribution in [3.8, 4) is 10.8 Å². The Labute approximate surface area is 74.2 Å². The quantitative estimate of drug-likeness (QED) is 0.715. The van der Waals surface area contributed by atoms with Gasteiger partial charge in [-0.15, -0.1) is 0 Å². The molecule has 0 bridgehead atoms. The van der Waals surface area contributed by atoms with Crippen molar-refractivity contribution in [1.82, 2.24) is 0 Å². The SMILES string of the molecule is Oc1sc(Cl)c(O)c1I. The molecular weight excluding hydrogens is 274 g/mol. The van der Waals surface area contributed by atoms with Gasteiger partial charge in [-0.05, 0) is 22.6 Å². The van der Waals surface area contributed by atoms with Crippen LogP contribution in [-0.2, 0) is 0 Å². The Balaban J connectivity index is 3.29. The predicted octanol–water partition coefficient (Wildman–Crippen LogP) is 2.42. The minimum atomic E-state index is -0.0280. The van der Waals surface area contributed by atoms with Crippen LogP contribution in [0.4, 0.5) is 0 Å². The maximum Gasteiger partial charge on any atom is 0.190 e. The van der Waals surface area contributed by atoms with E-state index in [2.05, 4.69) is 0 Å². The maximum absolute atomic E-state index is 8.94. The Hall–Kier alpha value is 0.320. The molecule has 0 aliphatic carbocycles. The fraction of sp³-hybridized carbons (Fsp3) is 0. The van der Waals surface area contributed by atoms with Crippen molar-refractivity contribution in [3.63, 3.8) is 0 Å². The van der Waals surface area contributed by atoms with E-state index >= 15 is 0 Å². The molecular formula is C4H2ClIO2S. The summed E-state index contributed by atoms with van der Waals surface area (Å²) in [5.41, 5.74) is 0. The van der Waals surface area contributed by atoms with Crippen LogP contribution >= 0.6 is 45.5 Å². The van der Waals surface area contributed by atoms with Gasteiger partial charge in [-0.1, -0.05) is 22.9 Å². The zero-order valence-electron chi connectivity index (χ0n) is 4.06. The molecule has 2 N–H and O–H groups in total. The first kappa shape index (κ1) is 7.43. The topological polar surface area (TPSA) is 40.5 Å². The van der Waals surface area contributed by atoms with Crippen molar-refractivity contribution < 1.29 is 10.2 Å². The molecule has 0 radical (unpaired) electrons. The third-order valence-electron chi connectivity index (χ3n) is 0.768. The second-order valence-corrected chi connectivity index (χ2v) is 4.02. The Kier molecular flexibility index (Phi) is 2.07. The summed E-state index contributed by atoms with van der Waals surface area (Å²) in [6.07, 6.45) is 0. The van der Waals surface area contributed by atoms with E-state index in [-0.39, 0.29) is 15.1 Å². The number of halogens is 2. The molecule has 0 saturated carbocycles. The molecule has 0 atom stereocenters. The van der Waals surface area contributed by atoms with E-state index in [1.54, 1.807) is 0 Å². The van der Waals surface area contributed by atoms with Crippen LogP contribution in [-0.4, -0.2) is 10.2 Å². The number of hydrogen-bond acceptors (Lipinski definition) is 3. The van der Waals surface area contributed by atoms with E-state index in [1.165, 1.54) is 0 Å². The van der Waals surface area contributed by atoms with Crippen molar-refractivity contribution in [2.75, 3.05) is 0 Å². The van der Waals surface area contributed by atoms with E-state index in [0.717, 1.165) is 11.3 Å². The lowest BCUT2D eigenvalue weighted by molar-refractivity contribution is 0.458. The maximum atomic E-state index is 8.94. The van der Waals surface area contributed by atoms with Crippen LogP contribution in [0.2, 0.25) is 4.34 Å². The standard InChI is InChI=1S/C4H2ClIO2S/c5-3-2(7)1(6)4(8)9-3/h7-8H. The zero-order chi connectivity index (χ0) is 7.02. The number of hydrogen-bond donors (Lipinski definition) is 2. The number of thiophene rings is 1. The summed E-state index contributed by atoms with van der Waals surface area (Å²) in [4.78, 5) is 0. The highest BCUT2D eigenvalue weighted by molar-refractivity contribution is 14.1. The van der Waals surface area contributed by atoms with Gasteiger partial charge in [0.2, 0.25) is 0 Å². The Morgan fingerprint density at radius 2 is 2.00 bits per heavy atom. The molecule has 1 rings (SSSR count). The molecule has 9 heavy (non-hydrogen) atoms. The molecule has 0 aromatic carbocycles. The number of aromatic hydroxyl groups is 2. The highest BCUT2D eigenvalue weighted by Gasteiger charge is 2.11. The first-order valence-corrected chi connectivity index (χ1v) is 4.26. The van der Waals surface area contributed by atoms with Gasteiger partial charge >= 0.3 is 0 Å². The second kappa shape index (κ2) is 2.51. The van der Waals surface area contributed by atoms with Gasteiger partial charge in [0.25, 0.3) is 0 Å². The summed E-state index contributed by atoms with van der Waals surface area (Å²) in [6.45, 7) is 0. The second-order valence-electron chi connectivity index (χ2n) is 1.34. The fourth-order valence-electron chi connectivity index (χ4n) is 0.366. The number of rotatable bonds is 0. The molecule has 2 nitrogen and oxygen atoms in total. The van der Waals surface area contributed by atoms with Crippen molar-refractivity contribution >= 4 is 45.5 Å². The van der Waals surface area contributed by atoms with Crippen molar-refractivity contribution in [2.24, 2.45) is 0 Å². The molecule has 50 valence electrons. The third kappa shape index (κ3) is 1.25. The molecule has 5 heteroatoms. The monoisotopic (exact) mass is 276 g/mol. The smallest absolute Gasteiger partial charge is 0.190 e. The normalized spacial score (nSPS) is 10.0. The van der Waals surface area contributed by atoms with E-state index < -0.39 is 0 Å². The third-order valence-corrected chi connectivity index (χ3v) is 3.34. The van der Waals surface area contributed by atoms with Crippen LogP contribution in [0, 0.1) is 3.57 Å². The van der Waals surface area contributed by atoms with Crippen LogP contribution in [0.5, 0.6) is 10.8 Å². The molecule has 1 heterocycles. The molecule has 0 spiro atoms. The largest absolute Gasteiger partial charge is 0.504 e. The van der Waals surface area contributed by atoms with Gasteiger partial charge in [-0.3, -0.25) is 0 Å². The summed E-state index contributed by atoms with van der Waals surface area (Å²) in [6, 6.07) is 0. The lowest BCUT2D eigenvalue weighted by atomic mass is 10.6. The van der Waals surface area contributed by atoms with Gasteiger partial charge in [-0.2, -0.15) is 0 Å². The Bertz CT molecular complexity index is 212. The van der Waals surface area contributed by atoms with E-state index in [0.29, 0.717) is 3.57 Å². The average molecular weight is 276 g/mol. The Morgan fingerprint density at radius 3 is 2.11 bits per heavy atom. The Morgan fingerprint density at radius 1 is 1.44 bits per heavy atom. The fourth-order valence-corrected chi connectivity index (χ4v) is 2.18. The molecule has 0 fully saturated rings. The van der Waals surface area contributed by atoms with E-state index in [4.69, 9.17) is 21.8 Å². The predicted molar refractivity (Wildman–Crippen MR) is 45.4 cm³/mol. The molecule has 0 aliphatic heterocycles. The summed E-state index contributed by atoms with van der Waals surface area (Å²) >= 11 is 8.21.